The van der Waals surface area contributed by atoms with E-state index in [-0.39, 0.29) is 11.9 Å². The zero-order valence-corrected chi connectivity index (χ0v) is 21.3. The van der Waals surface area contributed by atoms with E-state index < -0.39 is 0 Å². The van der Waals surface area contributed by atoms with Gasteiger partial charge in [0.05, 0.1) is 29.6 Å². The molecule has 5 rings (SSSR count). The lowest BCUT2D eigenvalue weighted by Crippen LogP contribution is -2.39. The quantitative estimate of drug-likeness (QED) is 0.397. The van der Waals surface area contributed by atoms with Crippen LogP contribution in [0, 0.1) is 5.92 Å². The minimum Gasteiger partial charge on any atom is -0.372 e. The van der Waals surface area contributed by atoms with Gasteiger partial charge in [-0.3, -0.25) is 4.79 Å². The fourth-order valence-electron chi connectivity index (χ4n) is 4.95. The van der Waals surface area contributed by atoms with Crippen molar-refractivity contribution in [2.24, 2.45) is 5.92 Å². The molecule has 1 aliphatic carbocycles. The first-order valence-electron chi connectivity index (χ1n) is 11.7. The number of carbonyl (C=O) groups excluding carboxylic acids is 1. The van der Waals surface area contributed by atoms with Gasteiger partial charge in [-0.1, -0.05) is 42.5 Å². The van der Waals surface area contributed by atoms with E-state index in [1.54, 1.807) is 28.2 Å². The molecule has 1 fully saturated rings. The molecule has 0 spiro atoms. The minimum atomic E-state index is -0.168. The molecular weight excluding hydrogens is 489 g/mol. The SMILES string of the molecule is C[C@@H](NC(=O)c1nn(-c2ccc(Cl)cc2Cl)c2c1COCC2=Cc1ccsc1)C1CCCCC1. The van der Waals surface area contributed by atoms with Crippen molar-refractivity contribution in [1.29, 1.82) is 0 Å². The Morgan fingerprint density at radius 2 is 2.06 bits per heavy atom. The van der Waals surface area contributed by atoms with E-state index >= 15 is 0 Å². The Hall–Kier alpha value is -2.12. The molecule has 1 saturated carbocycles. The molecule has 0 bridgehead atoms. The second-order valence-electron chi connectivity index (χ2n) is 9.06. The Balaban J connectivity index is 1.57. The van der Waals surface area contributed by atoms with Gasteiger partial charge in [-0.05, 0) is 72.3 Å². The number of benzene rings is 1. The second kappa shape index (κ2) is 10.2. The molecule has 178 valence electrons. The lowest BCUT2D eigenvalue weighted by Gasteiger charge is -2.28. The van der Waals surface area contributed by atoms with E-state index in [4.69, 9.17) is 33.0 Å². The lowest BCUT2D eigenvalue weighted by molar-refractivity contribution is 0.0906. The fourth-order valence-corrected chi connectivity index (χ4v) is 6.06. The number of rotatable bonds is 5. The van der Waals surface area contributed by atoms with Crippen LogP contribution in [0.5, 0.6) is 0 Å². The normalized spacial score (nSPS) is 18.6. The average molecular weight is 516 g/mol. The predicted octanol–water partition coefficient (Wildman–Crippen LogP) is 7.01. The summed E-state index contributed by atoms with van der Waals surface area (Å²) in [4.78, 5) is 13.5. The van der Waals surface area contributed by atoms with Gasteiger partial charge in [-0.15, -0.1) is 0 Å². The summed E-state index contributed by atoms with van der Waals surface area (Å²) in [6.45, 7) is 2.85. The molecule has 1 amide bonds. The van der Waals surface area contributed by atoms with Gasteiger partial charge < -0.3 is 10.1 Å². The van der Waals surface area contributed by atoms with Crippen LogP contribution in [0.25, 0.3) is 17.3 Å². The van der Waals surface area contributed by atoms with E-state index in [9.17, 15) is 4.79 Å². The van der Waals surface area contributed by atoms with Gasteiger partial charge in [-0.2, -0.15) is 16.4 Å². The van der Waals surface area contributed by atoms with Crippen LogP contribution in [-0.2, 0) is 11.3 Å². The van der Waals surface area contributed by atoms with Crippen molar-refractivity contribution >= 4 is 52.1 Å². The van der Waals surface area contributed by atoms with Crippen molar-refractivity contribution in [3.8, 4) is 5.69 Å². The molecule has 3 aromatic rings. The minimum absolute atomic E-state index is 0.0954. The molecule has 0 radical (unpaired) electrons. The molecule has 8 heteroatoms. The van der Waals surface area contributed by atoms with E-state index in [0.29, 0.717) is 40.6 Å². The molecule has 1 aromatic carbocycles. The smallest absolute Gasteiger partial charge is 0.272 e. The number of aromatic nitrogens is 2. The summed E-state index contributed by atoms with van der Waals surface area (Å²) in [7, 11) is 0. The van der Waals surface area contributed by atoms with Crippen molar-refractivity contribution in [2.75, 3.05) is 6.61 Å². The largest absolute Gasteiger partial charge is 0.372 e. The molecule has 3 heterocycles. The van der Waals surface area contributed by atoms with Crippen molar-refractivity contribution in [1.82, 2.24) is 15.1 Å². The van der Waals surface area contributed by atoms with E-state index in [1.807, 2.05) is 11.4 Å². The van der Waals surface area contributed by atoms with Crippen LogP contribution in [0.1, 0.15) is 66.3 Å². The monoisotopic (exact) mass is 515 g/mol. The molecular formula is C26H27Cl2N3O2S. The number of amides is 1. The lowest BCUT2D eigenvalue weighted by atomic mass is 9.84. The highest BCUT2D eigenvalue weighted by Gasteiger charge is 2.31. The van der Waals surface area contributed by atoms with Gasteiger partial charge in [-0.25, -0.2) is 4.68 Å². The van der Waals surface area contributed by atoms with Crippen molar-refractivity contribution in [3.05, 3.63) is 67.6 Å². The Morgan fingerprint density at radius 3 is 2.79 bits per heavy atom. The number of ether oxygens (including phenoxy) is 1. The first-order valence-corrected chi connectivity index (χ1v) is 13.4. The van der Waals surface area contributed by atoms with Crippen LogP contribution in [-0.4, -0.2) is 28.3 Å². The first kappa shape index (κ1) is 23.6. The molecule has 0 unspecified atom stereocenters. The maximum atomic E-state index is 13.5. The summed E-state index contributed by atoms with van der Waals surface area (Å²) in [6, 6.07) is 7.46. The van der Waals surface area contributed by atoms with Gasteiger partial charge in [0.1, 0.15) is 0 Å². The van der Waals surface area contributed by atoms with Crippen LogP contribution in [0.3, 0.4) is 0 Å². The van der Waals surface area contributed by atoms with E-state index in [1.165, 1.54) is 19.3 Å². The zero-order chi connectivity index (χ0) is 23.7. The number of nitrogens with zero attached hydrogens (tertiary/aromatic N) is 2. The number of fused-ring (bicyclic) bond motifs is 1. The molecule has 5 nitrogen and oxygen atoms in total. The predicted molar refractivity (Wildman–Crippen MR) is 139 cm³/mol. The highest BCUT2D eigenvalue weighted by Crippen LogP contribution is 2.35. The van der Waals surface area contributed by atoms with E-state index in [2.05, 4.69) is 29.8 Å². The number of hydrogen-bond acceptors (Lipinski definition) is 4. The highest BCUT2D eigenvalue weighted by atomic mass is 35.5. The Bertz CT molecular complexity index is 1210. The van der Waals surface area contributed by atoms with Crippen LogP contribution in [0.4, 0.5) is 0 Å². The molecule has 34 heavy (non-hydrogen) atoms. The standard InChI is InChI=1S/C26H27Cl2N3O2S/c1-16(18-5-3-2-4-6-18)29-26(32)24-21-14-33-13-19(11-17-9-10-34-15-17)25(21)31(30-24)23-8-7-20(27)12-22(23)28/h7-12,15-16,18H,2-6,13-14H2,1H3,(H,29,32)/t16-/m1/s1. The summed E-state index contributed by atoms with van der Waals surface area (Å²) in [5.41, 5.74) is 4.75. The highest BCUT2D eigenvalue weighted by molar-refractivity contribution is 7.08. The van der Waals surface area contributed by atoms with Crippen LogP contribution in [0.2, 0.25) is 10.0 Å². The molecule has 1 aliphatic heterocycles. The molecule has 1 N–H and O–H groups in total. The Morgan fingerprint density at radius 1 is 1.24 bits per heavy atom. The van der Waals surface area contributed by atoms with Crippen molar-refractivity contribution < 1.29 is 9.53 Å². The molecule has 0 saturated heterocycles. The van der Waals surface area contributed by atoms with Crippen LogP contribution in [0.15, 0.2) is 35.0 Å². The van der Waals surface area contributed by atoms with Crippen LogP contribution >= 0.6 is 34.5 Å². The number of carbonyl (C=O) groups is 1. The Kier molecular flexibility index (Phi) is 7.11. The van der Waals surface area contributed by atoms with Crippen molar-refractivity contribution in [3.63, 3.8) is 0 Å². The third-order valence-corrected chi connectivity index (χ3v) is 7.98. The number of hydrogen-bond donors (Lipinski definition) is 1. The third-order valence-electron chi connectivity index (χ3n) is 6.74. The summed E-state index contributed by atoms with van der Waals surface area (Å²) in [6.07, 6.45) is 8.15. The van der Waals surface area contributed by atoms with E-state index in [0.717, 1.165) is 35.2 Å². The van der Waals surface area contributed by atoms with Crippen molar-refractivity contribution in [2.45, 2.75) is 51.7 Å². The van der Waals surface area contributed by atoms with Gasteiger partial charge in [0.15, 0.2) is 5.69 Å². The number of halogens is 2. The van der Waals surface area contributed by atoms with Crippen LogP contribution < -0.4 is 5.32 Å². The van der Waals surface area contributed by atoms with Gasteiger partial charge in [0, 0.05) is 22.2 Å². The maximum absolute atomic E-state index is 13.5. The fraction of sp³-hybridized carbons (Fsp3) is 0.385. The third kappa shape index (κ3) is 4.82. The van der Waals surface area contributed by atoms with Gasteiger partial charge >= 0.3 is 0 Å². The maximum Gasteiger partial charge on any atom is 0.272 e. The summed E-state index contributed by atoms with van der Waals surface area (Å²) >= 11 is 14.4. The Labute approximate surface area is 213 Å². The zero-order valence-electron chi connectivity index (χ0n) is 19.0. The molecule has 2 aliphatic rings. The topological polar surface area (TPSA) is 56.2 Å². The number of thiophene rings is 1. The summed E-state index contributed by atoms with van der Waals surface area (Å²) in [5, 5.41) is 13.2. The summed E-state index contributed by atoms with van der Waals surface area (Å²) in [5.74, 6) is 0.338. The first-order chi connectivity index (χ1) is 16.5. The second-order valence-corrected chi connectivity index (χ2v) is 10.7. The molecule has 2 aromatic heterocycles. The number of nitrogens with one attached hydrogen (secondary N) is 1. The van der Waals surface area contributed by atoms with Gasteiger partial charge in [0.25, 0.3) is 5.91 Å². The molecule has 1 atom stereocenters. The average Bonchev–Trinajstić information content (AvgIpc) is 3.48. The summed E-state index contributed by atoms with van der Waals surface area (Å²) < 4.78 is 7.69. The van der Waals surface area contributed by atoms with Gasteiger partial charge in [0.2, 0.25) is 0 Å².